The molecule has 0 N–H and O–H groups in total. The molecule has 0 unspecified atom stereocenters. The number of rotatable bonds is 4. The maximum Gasteiger partial charge on any atom is 0.236 e. The van der Waals surface area contributed by atoms with Gasteiger partial charge in [0.15, 0.2) is 0 Å². The number of morpholine rings is 1. The van der Waals surface area contributed by atoms with E-state index in [0.717, 1.165) is 6.07 Å². The maximum absolute atomic E-state index is 13.5. The molecule has 1 aliphatic heterocycles. The number of benzene rings is 1. The van der Waals surface area contributed by atoms with Crippen LogP contribution in [0.3, 0.4) is 0 Å². The second-order valence-electron chi connectivity index (χ2n) is 4.90. The van der Waals surface area contributed by atoms with Crippen molar-refractivity contribution in [2.75, 3.05) is 39.9 Å². The van der Waals surface area contributed by atoms with Crippen molar-refractivity contribution >= 4 is 5.91 Å². The monoisotopic (exact) mass is 284 g/mol. The Balaban J connectivity index is 1.88. The van der Waals surface area contributed by atoms with Gasteiger partial charge in [0.25, 0.3) is 0 Å². The van der Waals surface area contributed by atoms with Crippen LogP contribution in [-0.4, -0.2) is 55.6 Å². The molecule has 0 radical (unpaired) electrons. The fraction of sp³-hybridized carbons (Fsp3) is 0.500. The highest BCUT2D eigenvalue weighted by Gasteiger charge is 2.18. The summed E-state index contributed by atoms with van der Waals surface area (Å²) in [5, 5.41) is 0. The molecule has 1 aromatic rings. The minimum absolute atomic E-state index is 0.00156. The molecule has 4 nitrogen and oxygen atoms in total. The van der Waals surface area contributed by atoms with Crippen LogP contribution in [0.4, 0.5) is 8.78 Å². The lowest BCUT2D eigenvalue weighted by Gasteiger charge is -2.28. The molecule has 0 aromatic heterocycles. The van der Waals surface area contributed by atoms with Crippen LogP contribution in [0.1, 0.15) is 5.56 Å². The maximum atomic E-state index is 13.5. The van der Waals surface area contributed by atoms with Crippen molar-refractivity contribution in [3.05, 3.63) is 35.4 Å². The standard InChI is InChI=1S/C14H18F2N2O2/c1-17(9-11-2-3-12(15)8-13(11)16)10-14(19)18-4-6-20-7-5-18/h2-3,8H,4-7,9-10H2,1H3. The summed E-state index contributed by atoms with van der Waals surface area (Å²) in [5.41, 5.74) is 0.378. The summed E-state index contributed by atoms with van der Waals surface area (Å²) >= 11 is 0. The van der Waals surface area contributed by atoms with Crippen LogP contribution in [0.25, 0.3) is 0 Å². The van der Waals surface area contributed by atoms with Crippen molar-refractivity contribution in [2.24, 2.45) is 0 Å². The number of likely N-dealkylation sites (N-methyl/N-ethyl adjacent to an activating group) is 1. The van der Waals surface area contributed by atoms with Crippen LogP contribution in [0.15, 0.2) is 18.2 Å². The molecule has 1 aliphatic rings. The predicted octanol–water partition coefficient (Wildman–Crippen LogP) is 1.26. The zero-order valence-electron chi connectivity index (χ0n) is 11.4. The Morgan fingerprint density at radius 1 is 1.35 bits per heavy atom. The first-order valence-corrected chi connectivity index (χ1v) is 6.54. The number of carbonyl (C=O) groups excluding carboxylic acids is 1. The average Bonchev–Trinajstić information content (AvgIpc) is 2.43. The summed E-state index contributed by atoms with van der Waals surface area (Å²) in [7, 11) is 1.74. The Kier molecular flexibility index (Phi) is 5.03. The van der Waals surface area contributed by atoms with Crippen LogP contribution >= 0.6 is 0 Å². The Morgan fingerprint density at radius 2 is 2.05 bits per heavy atom. The summed E-state index contributed by atoms with van der Waals surface area (Å²) < 4.78 is 31.5. The first-order chi connectivity index (χ1) is 9.56. The Morgan fingerprint density at radius 3 is 2.70 bits per heavy atom. The van der Waals surface area contributed by atoms with Gasteiger partial charge in [-0.1, -0.05) is 6.07 Å². The van der Waals surface area contributed by atoms with E-state index in [0.29, 0.717) is 31.9 Å². The lowest BCUT2D eigenvalue weighted by molar-refractivity contribution is -0.136. The van der Waals surface area contributed by atoms with Crippen LogP contribution in [0, 0.1) is 11.6 Å². The summed E-state index contributed by atoms with van der Waals surface area (Å²) in [5.74, 6) is -1.19. The minimum Gasteiger partial charge on any atom is -0.378 e. The molecular formula is C14H18F2N2O2. The smallest absolute Gasteiger partial charge is 0.236 e. The van der Waals surface area contributed by atoms with Crippen molar-refractivity contribution in [1.82, 2.24) is 9.80 Å². The van der Waals surface area contributed by atoms with Gasteiger partial charge in [0.05, 0.1) is 19.8 Å². The topological polar surface area (TPSA) is 32.8 Å². The van der Waals surface area contributed by atoms with Gasteiger partial charge in [-0.05, 0) is 13.1 Å². The summed E-state index contributed by atoms with van der Waals surface area (Å²) in [6, 6.07) is 3.48. The lowest BCUT2D eigenvalue weighted by atomic mass is 10.2. The van der Waals surface area contributed by atoms with Crippen LogP contribution < -0.4 is 0 Å². The molecular weight excluding hydrogens is 266 g/mol. The normalized spacial score (nSPS) is 15.7. The van der Waals surface area contributed by atoms with E-state index in [1.54, 1.807) is 16.8 Å². The number of nitrogens with zero attached hydrogens (tertiary/aromatic N) is 2. The van der Waals surface area contributed by atoms with E-state index in [1.807, 2.05) is 0 Å². The van der Waals surface area contributed by atoms with Gasteiger partial charge in [0, 0.05) is 31.3 Å². The Labute approximate surface area is 116 Å². The molecule has 1 amide bonds. The van der Waals surface area contributed by atoms with Crippen molar-refractivity contribution in [2.45, 2.75) is 6.54 Å². The second kappa shape index (κ2) is 6.76. The van der Waals surface area contributed by atoms with Gasteiger partial charge >= 0.3 is 0 Å². The summed E-state index contributed by atoms with van der Waals surface area (Å²) in [6.07, 6.45) is 0. The number of amides is 1. The first kappa shape index (κ1) is 14.9. The van der Waals surface area contributed by atoms with Gasteiger partial charge in [-0.25, -0.2) is 8.78 Å². The highest BCUT2D eigenvalue weighted by atomic mass is 19.1. The molecule has 1 fully saturated rings. The molecule has 1 aromatic carbocycles. The van der Waals surface area contributed by atoms with E-state index in [1.165, 1.54) is 12.1 Å². The third-order valence-electron chi connectivity index (χ3n) is 3.22. The molecule has 0 aliphatic carbocycles. The van der Waals surface area contributed by atoms with E-state index in [-0.39, 0.29) is 19.0 Å². The van der Waals surface area contributed by atoms with Crippen molar-refractivity contribution in [1.29, 1.82) is 0 Å². The Bertz CT molecular complexity index is 476. The highest BCUT2D eigenvalue weighted by Crippen LogP contribution is 2.11. The highest BCUT2D eigenvalue weighted by molar-refractivity contribution is 5.78. The lowest BCUT2D eigenvalue weighted by Crippen LogP contribution is -2.44. The Hall–Kier alpha value is -1.53. The van der Waals surface area contributed by atoms with Crippen molar-refractivity contribution in [3.63, 3.8) is 0 Å². The van der Waals surface area contributed by atoms with E-state index in [9.17, 15) is 13.6 Å². The molecule has 0 saturated carbocycles. The molecule has 2 rings (SSSR count). The zero-order valence-corrected chi connectivity index (χ0v) is 11.4. The SMILES string of the molecule is CN(CC(=O)N1CCOCC1)Cc1ccc(F)cc1F. The number of ether oxygens (including phenoxy) is 1. The molecule has 20 heavy (non-hydrogen) atoms. The zero-order chi connectivity index (χ0) is 14.5. The second-order valence-corrected chi connectivity index (χ2v) is 4.90. The third kappa shape index (κ3) is 3.98. The van der Waals surface area contributed by atoms with Gasteiger partial charge < -0.3 is 9.64 Å². The van der Waals surface area contributed by atoms with E-state index >= 15 is 0 Å². The largest absolute Gasteiger partial charge is 0.378 e. The molecule has 0 bridgehead atoms. The van der Waals surface area contributed by atoms with Gasteiger partial charge in [-0.3, -0.25) is 9.69 Å². The molecule has 1 saturated heterocycles. The van der Waals surface area contributed by atoms with Gasteiger partial charge in [0.1, 0.15) is 11.6 Å². The predicted molar refractivity (Wildman–Crippen MR) is 70.1 cm³/mol. The van der Waals surface area contributed by atoms with Crippen LogP contribution in [0.2, 0.25) is 0 Å². The molecule has 110 valence electrons. The van der Waals surface area contributed by atoms with Gasteiger partial charge in [-0.2, -0.15) is 0 Å². The number of halogens is 2. The van der Waals surface area contributed by atoms with Crippen molar-refractivity contribution in [3.8, 4) is 0 Å². The van der Waals surface area contributed by atoms with Gasteiger partial charge in [0.2, 0.25) is 5.91 Å². The first-order valence-electron chi connectivity index (χ1n) is 6.54. The number of hydrogen-bond donors (Lipinski definition) is 0. The minimum atomic E-state index is -0.599. The summed E-state index contributed by atoms with van der Waals surface area (Å²) in [4.78, 5) is 15.5. The van der Waals surface area contributed by atoms with E-state index < -0.39 is 11.6 Å². The quantitative estimate of drug-likeness (QED) is 0.834. The molecule has 1 heterocycles. The van der Waals surface area contributed by atoms with E-state index in [4.69, 9.17) is 4.74 Å². The third-order valence-corrected chi connectivity index (χ3v) is 3.22. The number of hydrogen-bond acceptors (Lipinski definition) is 3. The molecule has 0 spiro atoms. The fourth-order valence-corrected chi connectivity index (χ4v) is 2.14. The van der Waals surface area contributed by atoms with E-state index in [2.05, 4.69) is 0 Å². The average molecular weight is 284 g/mol. The summed E-state index contributed by atoms with van der Waals surface area (Å²) in [6.45, 7) is 2.78. The molecule has 6 heteroatoms. The van der Waals surface area contributed by atoms with Crippen molar-refractivity contribution < 1.29 is 18.3 Å². The molecule has 0 atom stereocenters. The van der Waals surface area contributed by atoms with Gasteiger partial charge in [-0.15, -0.1) is 0 Å². The fourth-order valence-electron chi connectivity index (χ4n) is 2.14. The number of carbonyl (C=O) groups is 1. The van der Waals surface area contributed by atoms with Crippen LogP contribution in [-0.2, 0) is 16.1 Å². The van der Waals surface area contributed by atoms with Crippen LogP contribution in [0.5, 0.6) is 0 Å².